The normalized spacial score (nSPS) is 13.2. The first-order valence-electron chi connectivity index (χ1n) is 10.1. The quantitative estimate of drug-likeness (QED) is 0.394. The van der Waals surface area contributed by atoms with E-state index in [1.54, 1.807) is 19.1 Å². The number of anilines is 1. The number of amides is 1. The number of rotatable bonds is 7. The first-order chi connectivity index (χ1) is 14.6. The van der Waals surface area contributed by atoms with Crippen LogP contribution in [0.4, 0.5) is 5.00 Å². The Bertz CT molecular complexity index is 1020. The van der Waals surface area contributed by atoms with Gasteiger partial charge in [0.15, 0.2) is 0 Å². The molecule has 1 N–H and O–H groups in total. The first kappa shape index (κ1) is 21.6. The number of carbonyl (C=O) groups excluding carboxylic acids is 2. The van der Waals surface area contributed by atoms with Crippen molar-refractivity contribution in [3.05, 3.63) is 51.4 Å². The van der Waals surface area contributed by atoms with E-state index >= 15 is 0 Å². The number of nitrogens with zero attached hydrogens (tertiary/aromatic N) is 1. The highest BCUT2D eigenvalue weighted by Gasteiger charge is 2.27. The Kier molecular flexibility index (Phi) is 7.26. The van der Waals surface area contributed by atoms with Gasteiger partial charge in [0.05, 0.1) is 18.8 Å². The van der Waals surface area contributed by atoms with Crippen molar-refractivity contribution in [3.63, 3.8) is 0 Å². The van der Waals surface area contributed by atoms with Crippen LogP contribution < -0.4 is 10.1 Å². The molecule has 1 amide bonds. The molecule has 3 rings (SSSR count). The highest BCUT2D eigenvalue weighted by molar-refractivity contribution is 7.17. The molecule has 0 unspecified atom stereocenters. The van der Waals surface area contributed by atoms with E-state index in [0.29, 0.717) is 28.5 Å². The maximum Gasteiger partial charge on any atom is 0.341 e. The summed E-state index contributed by atoms with van der Waals surface area (Å²) in [6.07, 6.45) is 5.23. The Balaban J connectivity index is 1.92. The van der Waals surface area contributed by atoms with E-state index in [2.05, 4.69) is 5.32 Å². The van der Waals surface area contributed by atoms with Gasteiger partial charge >= 0.3 is 5.97 Å². The zero-order valence-corrected chi connectivity index (χ0v) is 17.9. The number of esters is 1. The van der Waals surface area contributed by atoms with Crippen molar-refractivity contribution in [1.82, 2.24) is 0 Å². The fraction of sp³-hybridized carbons (Fsp3) is 0.348. The van der Waals surface area contributed by atoms with E-state index in [-0.39, 0.29) is 12.2 Å². The first-order valence-corrected chi connectivity index (χ1v) is 10.9. The third-order valence-electron chi connectivity index (χ3n) is 4.76. The molecule has 0 aliphatic heterocycles. The Hall–Kier alpha value is -3.11. The molecule has 1 aliphatic rings. The average Bonchev–Trinajstić information content (AvgIpc) is 3.11. The topological polar surface area (TPSA) is 88.4 Å². The van der Waals surface area contributed by atoms with Crippen molar-refractivity contribution < 1.29 is 19.1 Å². The Morgan fingerprint density at radius 3 is 2.70 bits per heavy atom. The van der Waals surface area contributed by atoms with Crippen LogP contribution in [-0.4, -0.2) is 25.1 Å². The van der Waals surface area contributed by atoms with Gasteiger partial charge in [0.25, 0.3) is 5.91 Å². The van der Waals surface area contributed by atoms with Crippen LogP contribution in [0.2, 0.25) is 0 Å². The van der Waals surface area contributed by atoms with Gasteiger partial charge in [-0.1, -0.05) is 18.2 Å². The second-order valence-electron chi connectivity index (χ2n) is 6.73. The fourth-order valence-electron chi connectivity index (χ4n) is 3.43. The molecule has 0 fully saturated rings. The number of hydrogen-bond acceptors (Lipinski definition) is 6. The van der Waals surface area contributed by atoms with E-state index in [1.807, 2.05) is 25.1 Å². The fourth-order valence-corrected chi connectivity index (χ4v) is 4.71. The van der Waals surface area contributed by atoms with Gasteiger partial charge in [-0.25, -0.2) is 4.79 Å². The van der Waals surface area contributed by atoms with Gasteiger partial charge in [-0.2, -0.15) is 5.26 Å². The van der Waals surface area contributed by atoms with E-state index in [9.17, 15) is 14.9 Å². The number of benzene rings is 1. The van der Waals surface area contributed by atoms with E-state index in [0.717, 1.165) is 36.1 Å². The Morgan fingerprint density at radius 1 is 1.20 bits per heavy atom. The van der Waals surface area contributed by atoms with Gasteiger partial charge in [-0.15, -0.1) is 11.3 Å². The van der Waals surface area contributed by atoms with Crippen molar-refractivity contribution in [2.75, 3.05) is 18.5 Å². The number of ether oxygens (including phenoxy) is 2. The number of para-hydroxylation sites is 1. The molecular formula is C23H24N2O4S. The largest absolute Gasteiger partial charge is 0.493 e. The van der Waals surface area contributed by atoms with Crippen LogP contribution in [-0.2, 0) is 22.4 Å². The second-order valence-corrected chi connectivity index (χ2v) is 7.84. The predicted molar refractivity (Wildman–Crippen MR) is 117 cm³/mol. The summed E-state index contributed by atoms with van der Waals surface area (Å²) < 4.78 is 10.8. The number of nitriles is 1. The third-order valence-corrected chi connectivity index (χ3v) is 5.97. The van der Waals surface area contributed by atoms with Crippen molar-refractivity contribution in [1.29, 1.82) is 5.26 Å². The zero-order valence-electron chi connectivity index (χ0n) is 17.1. The minimum absolute atomic E-state index is 0.0664. The Labute approximate surface area is 180 Å². The lowest BCUT2D eigenvalue weighted by atomic mass is 9.95. The summed E-state index contributed by atoms with van der Waals surface area (Å²) in [5, 5.41) is 12.8. The summed E-state index contributed by atoms with van der Waals surface area (Å²) in [6.45, 7) is 4.35. The minimum atomic E-state index is -0.562. The van der Waals surface area contributed by atoms with Gasteiger partial charge < -0.3 is 14.8 Å². The van der Waals surface area contributed by atoms with Crippen LogP contribution in [0, 0.1) is 11.3 Å². The molecule has 1 heterocycles. The lowest BCUT2D eigenvalue weighted by molar-refractivity contribution is -0.112. The van der Waals surface area contributed by atoms with Gasteiger partial charge in [-0.3, -0.25) is 4.79 Å². The lowest BCUT2D eigenvalue weighted by Gasteiger charge is -2.12. The molecule has 0 spiro atoms. The molecule has 2 aromatic rings. The van der Waals surface area contributed by atoms with E-state index < -0.39 is 11.9 Å². The summed E-state index contributed by atoms with van der Waals surface area (Å²) in [4.78, 5) is 26.5. The number of hydrogen-bond donors (Lipinski definition) is 1. The summed E-state index contributed by atoms with van der Waals surface area (Å²) in [7, 11) is 0. The molecule has 30 heavy (non-hydrogen) atoms. The van der Waals surface area contributed by atoms with Gasteiger partial charge in [0.2, 0.25) is 0 Å². The number of carbonyl (C=O) groups is 2. The average molecular weight is 425 g/mol. The van der Waals surface area contributed by atoms with Crippen molar-refractivity contribution in [2.45, 2.75) is 39.5 Å². The predicted octanol–water partition coefficient (Wildman–Crippen LogP) is 4.75. The summed E-state index contributed by atoms with van der Waals surface area (Å²) in [6, 6.07) is 9.17. The molecule has 156 valence electrons. The maximum absolute atomic E-state index is 12.9. The molecule has 0 saturated carbocycles. The van der Waals surface area contributed by atoms with Gasteiger partial charge in [0.1, 0.15) is 22.4 Å². The number of thiophene rings is 1. The van der Waals surface area contributed by atoms with Crippen LogP contribution in [0.5, 0.6) is 5.75 Å². The summed E-state index contributed by atoms with van der Waals surface area (Å²) in [5.74, 6) is -0.399. The zero-order chi connectivity index (χ0) is 21.5. The summed E-state index contributed by atoms with van der Waals surface area (Å²) in [5.41, 5.74) is 1.96. The smallest absolute Gasteiger partial charge is 0.341 e. The van der Waals surface area contributed by atoms with Crippen molar-refractivity contribution in [2.24, 2.45) is 0 Å². The molecule has 1 aliphatic carbocycles. The van der Waals surface area contributed by atoms with Crippen LogP contribution in [0.1, 0.15) is 53.1 Å². The third kappa shape index (κ3) is 4.71. The van der Waals surface area contributed by atoms with E-state index in [1.165, 1.54) is 17.4 Å². The summed E-state index contributed by atoms with van der Waals surface area (Å²) >= 11 is 1.40. The van der Waals surface area contributed by atoms with Crippen LogP contribution in [0.15, 0.2) is 29.8 Å². The molecule has 0 bridgehead atoms. The van der Waals surface area contributed by atoms with Crippen molar-refractivity contribution >= 4 is 34.3 Å². The number of nitrogens with one attached hydrogen (secondary N) is 1. The van der Waals surface area contributed by atoms with Gasteiger partial charge in [0, 0.05) is 10.4 Å². The number of aryl methyl sites for hydroxylation is 1. The van der Waals surface area contributed by atoms with Crippen molar-refractivity contribution in [3.8, 4) is 11.8 Å². The van der Waals surface area contributed by atoms with Crippen LogP contribution >= 0.6 is 11.3 Å². The standard InChI is InChI=1S/C23H24N2O4S/c1-3-28-18-11-7-5-9-15(18)13-16(14-24)21(26)25-22-20(23(27)29-4-2)17-10-6-8-12-19(17)30-22/h5,7,9,11,13H,3-4,6,8,10,12H2,1-2H3,(H,25,26)/b16-13+. The molecule has 7 heteroatoms. The Morgan fingerprint density at radius 2 is 1.97 bits per heavy atom. The minimum Gasteiger partial charge on any atom is -0.493 e. The molecule has 1 aromatic heterocycles. The molecular weight excluding hydrogens is 400 g/mol. The highest BCUT2D eigenvalue weighted by Crippen LogP contribution is 2.38. The molecule has 0 saturated heterocycles. The molecule has 0 radical (unpaired) electrons. The van der Waals surface area contributed by atoms with Gasteiger partial charge in [-0.05, 0) is 57.2 Å². The lowest BCUT2D eigenvalue weighted by Crippen LogP contribution is -2.16. The van der Waals surface area contributed by atoms with Crippen LogP contribution in [0.25, 0.3) is 6.08 Å². The van der Waals surface area contributed by atoms with E-state index in [4.69, 9.17) is 9.47 Å². The molecule has 0 atom stereocenters. The second kappa shape index (κ2) is 10.1. The highest BCUT2D eigenvalue weighted by atomic mass is 32.1. The molecule has 6 nitrogen and oxygen atoms in total. The monoisotopic (exact) mass is 424 g/mol. The van der Waals surface area contributed by atoms with Crippen LogP contribution in [0.3, 0.4) is 0 Å². The number of fused-ring (bicyclic) bond motifs is 1. The maximum atomic E-state index is 12.9. The molecule has 1 aromatic carbocycles. The SMILES string of the molecule is CCOC(=O)c1c(NC(=O)/C(C#N)=C/c2ccccc2OCC)sc2c1CCCC2.